The highest BCUT2D eigenvalue weighted by Crippen LogP contribution is 2.32. The first-order valence-electron chi connectivity index (χ1n) is 4.63. The van der Waals surface area contributed by atoms with Crippen molar-refractivity contribution in [2.24, 2.45) is 7.05 Å². The van der Waals surface area contributed by atoms with E-state index in [1.807, 2.05) is 18.8 Å². The van der Waals surface area contributed by atoms with Gasteiger partial charge >= 0.3 is 0 Å². The Hall–Kier alpha value is -0.650. The first-order chi connectivity index (χ1) is 7.20. The minimum absolute atomic E-state index is 0.797. The maximum Gasteiger partial charge on any atom is 0.0848 e. The average molecular weight is 286 g/mol. The molecular formula is C10H12BrN3S. The Kier molecular flexibility index (Phi) is 3.23. The molecule has 0 amide bonds. The number of aryl methyl sites for hydroxylation is 1. The van der Waals surface area contributed by atoms with Gasteiger partial charge in [0.2, 0.25) is 0 Å². The Balaban J connectivity index is 2.42. The maximum atomic E-state index is 4.43. The lowest BCUT2D eigenvalue weighted by Crippen LogP contribution is -2.06. The standard InChI is InChI=1S/C10H12BrN3S/c1-12-5-8-7(6-14(2)13-8)9-3-4-10(11)15-9/h3-4,6,12H,5H2,1-2H3. The van der Waals surface area contributed by atoms with Crippen LogP contribution in [0.3, 0.4) is 0 Å². The van der Waals surface area contributed by atoms with Crippen LogP contribution in [0, 0.1) is 0 Å². The number of hydrogen-bond acceptors (Lipinski definition) is 3. The van der Waals surface area contributed by atoms with Gasteiger partial charge < -0.3 is 5.32 Å². The van der Waals surface area contributed by atoms with E-state index < -0.39 is 0 Å². The molecule has 5 heteroatoms. The Morgan fingerprint density at radius 1 is 1.53 bits per heavy atom. The number of nitrogens with zero attached hydrogens (tertiary/aromatic N) is 2. The van der Waals surface area contributed by atoms with Gasteiger partial charge in [0.1, 0.15) is 0 Å². The molecule has 0 fully saturated rings. The SMILES string of the molecule is CNCc1nn(C)cc1-c1ccc(Br)s1. The number of aromatic nitrogens is 2. The topological polar surface area (TPSA) is 29.9 Å². The molecule has 1 N–H and O–H groups in total. The summed E-state index contributed by atoms with van der Waals surface area (Å²) in [6, 6.07) is 4.18. The van der Waals surface area contributed by atoms with E-state index in [2.05, 4.69) is 44.7 Å². The van der Waals surface area contributed by atoms with Gasteiger partial charge in [-0.3, -0.25) is 4.68 Å². The second kappa shape index (κ2) is 4.47. The molecule has 3 nitrogen and oxygen atoms in total. The van der Waals surface area contributed by atoms with E-state index in [-0.39, 0.29) is 0 Å². The molecule has 0 unspecified atom stereocenters. The Labute approximate surface area is 101 Å². The summed E-state index contributed by atoms with van der Waals surface area (Å²) in [5.74, 6) is 0. The summed E-state index contributed by atoms with van der Waals surface area (Å²) in [5.41, 5.74) is 2.30. The lowest BCUT2D eigenvalue weighted by molar-refractivity contribution is 0.712. The summed E-state index contributed by atoms with van der Waals surface area (Å²) < 4.78 is 3.01. The van der Waals surface area contributed by atoms with Crippen molar-refractivity contribution in [1.29, 1.82) is 0 Å². The van der Waals surface area contributed by atoms with Crippen LogP contribution in [0.25, 0.3) is 10.4 Å². The third-order valence-electron chi connectivity index (χ3n) is 2.09. The number of nitrogens with one attached hydrogen (secondary N) is 1. The van der Waals surface area contributed by atoms with E-state index in [4.69, 9.17) is 0 Å². The molecule has 0 bridgehead atoms. The molecule has 15 heavy (non-hydrogen) atoms. The second-order valence-electron chi connectivity index (χ2n) is 3.30. The first-order valence-corrected chi connectivity index (χ1v) is 6.24. The molecule has 2 aromatic heterocycles. The molecule has 0 aromatic carbocycles. The summed E-state index contributed by atoms with van der Waals surface area (Å²) in [6.45, 7) is 0.797. The molecule has 0 aliphatic heterocycles. The molecule has 0 aliphatic carbocycles. The fourth-order valence-corrected chi connectivity index (χ4v) is 2.92. The third-order valence-corrected chi connectivity index (χ3v) is 3.75. The van der Waals surface area contributed by atoms with Gasteiger partial charge in [0.15, 0.2) is 0 Å². The molecule has 0 saturated heterocycles. The molecule has 0 aliphatic rings. The fraction of sp³-hybridized carbons (Fsp3) is 0.300. The molecule has 0 radical (unpaired) electrons. The smallest absolute Gasteiger partial charge is 0.0848 e. The van der Waals surface area contributed by atoms with E-state index in [0.717, 1.165) is 16.0 Å². The highest BCUT2D eigenvalue weighted by Gasteiger charge is 2.10. The molecule has 2 heterocycles. The van der Waals surface area contributed by atoms with Gasteiger partial charge in [-0.05, 0) is 35.1 Å². The largest absolute Gasteiger partial charge is 0.314 e. The minimum atomic E-state index is 0.797. The van der Waals surface area contributed by atoms with E-state index in [0.29, 0.717) is 0 Å². The van der Waals surface area contributed by atoms with Crippen LogP contribution >= 0.6 is 27.3 Å². The van der Waals surface area contributed by atoms with Crippen LogP contribution in [0.15, 0.2) is 22.1 Å². The van der Waals surface area contributed by atoms with Crippen molar-refractivity contribution in [2.75, 3.05) is 7.05 Å². The lowest BCUT2D eigenvalue weighted by atomic mass is 10.2. The monoisotopic (exact) mass is 285 g/mol. The normalized spacial score (nSPS) is 10.9. The summed E-state index contributed by atoms with van der Waals surface area (Å²) in [4.78, 5) is 1.25. The van der Waals surface area contributed by atoms with Crippen molar-refractivity contribution < 1.29 is 0 Å². The van der Waals surface area contributed by atoms with Crippen LogP contribution in [-0.2, 0) is 13.6 Å². The zero-order valence-electron chi connectivity index (χ0n) is 8.62. The maximum absolute atomic E-state index is 4.43. The molecule has 2 aromatic rings. The second-order valence-corrected chi connectivity index (χ2v) is 5.76. The predicted molar refractivity (Wildman–Crippen MR) is 67.0 cm³/mol. The molecule has 80 valence electrons. The van der Waals surface area contributed by atoms with Crippen LogP contribution in [0.5, 0.6) is 0 Å². The van der Waals surface area contributed by atoms with Crippen molar-refractivity contribution in [1.82, 2.24) is 15.1 Å². The van der Waals surface area contributed by atoms with Crippen LogP contribution in [0.1, 0.15) is 5.69 Å². The molecular weight excluding hydrogens is 274 g/mol. The van der Waals surface area contributed by atoms with Crippen molar-refractivity contribution in [2.45, 2.75) is 6.54 Å². The summed E-state index contributed by atoms with van der Waals surface area (Å²) in [5, 5.41) is 7.56. The van der Waals surface area contributed by atoms with Gasteiger partial charge in [0.05, 0.1) is 9.48 Å². The van der Waals surface area contributed by atoms with Crippen LogP contribution in [0.2, 0.25) is 0 Å². The first kappa shape index (κ1) is 10.9. The van der Waals surface area contributed by atoms with Gasteiger partial charge in [0, 0.05) is 30.2 Å². The highest BCUT2D eigenvalue weighted by molar-refractivity contribution is 9.11. The van der Waals surface area contributed by atoms with Gasteiger partial charge in [0.25, 0.3) is 0 Å². The zero-order chi connectivity index (χ0) is 10.8. The number of halogens is 1. The van der Waals surface area contributed by atoms with Gasteiger partial charge in [-0.25, -0.2) is 0 Å². The quantitative estimate of drug-likeness (QED) is 0.940. The van der Waals surface area contributed by atoms with E-state index >= 15 is 0 Å². The third kappa shape index (κ3) is 2.30. The minimum Gasteiger partial charge on any atom is -0.314 e. The van der Waals surface area contributed by atoms with E-state index in [9.17, 15) is 0 Å². The van der Waals surface area contributed by atoms with Crippen molar-refractivity contribution in [3.05, 3.63) is 27.8 Å². The number of hydrogen-bond donors (Lipinski definition) is 1. The van der Waals surface area contributed by atoms with Crippen molar-refractivity contribution in [3.63, 3.8) is 0 Å². The molecule has 0 atom stereocenters. The Morgan fingerprint density at radius 2 is 2.33 bits per heavy atom. The van der Waals surface area contributed by atoms with Crippen molar-refractivity contribution in [3.8, 4) is 10.4 Å². The Morgan fingerprint density at radius 3 is 2.93 bits per heavy atom. The van der Waals surface area contributed by atoms with Gasteiger partial charge in [-0.2, -0.15) is 5.10 Å². The number of rotatable bonds is 3. The number of thiophene rings is 1. The molecule has 0 spiro atoms. The Bertz CT molecular complexity index is 461. The molecule has 0 saturated carbocycles. The van der Waals surface area contributed by atoms with Gasteiger partial charge in [-0.15, -0.1) is 11.3 Å². The van der Waals surface area contributed by atoms with E-state index in [1.54, 1.807) is 11.3 Å². The van der Waals surface area contributed by atoms with Crippen LogP contribution in [0.4, 0.5) is 0 Å². The highest BCUT2D eigenvalue weighted by atomic mass is 79.9. The van der Waals surface area contributed by atoms with Gasteiger partial charge in [-0.1, -0.05) is 0 Å². The predicted octanol–water partition coefficient (Wildman–Crippen LogP) is 2.63. The van der Waals surface area contributed by atoms with Crippen molar-refractivity contribution >= 4 is 27.3 Å². The average Bonchev–Trinajstić information content (AvgIpc) is 2.73. The van der Waals surface area contributed by atoms with Crippen LogP contribution in [-0.4, -0.2) is 16.8 Å². The lowest BCUT2D eigenvalue weighted by Gasteiger charge is -1.97. The summed E-state index contributed by atoms with van der Waals surface area (Å²) >= 11 is 5.21. The summed E-state index contributed by atoms with van der Waals surface area (Å²) in [6.07, 6.45) is 2.06. The molecule has 2 rings (SSSR count). The van der Waals surface area contributed by atoms with E-state index in [1.165, 1.54) is 10.4 Å². The fourth-order valence-electron chi connectivity index (χ4n) is 1.50. The summed E-state index contributed by atoms with van der Waals surface area (Å²) in [7, 11) is 3.88. The van der Waals surface area contributed by atoms with Crippen LogP contribution < -0.4 is 5.32 Å². The zero-order valence-corrected chi connectivity index (χ0v) is 11.0.